The van der Waals surface area contributed by atoms with Crippen LogP contribution in [0.4, 0.5) is 0 Å². The molecule has 1 atom stereocenters. The van der Waals surface area contributed by atoms with E-state index in [1.54, 1.807) is 14.2 Å². The molecular weight excluding hydrogens is 226 g/mol. The Morgan fingerprint density at radius 2 is 1.94 bits per heavy atom. The summed E-state index contributed by atoms with van der Waals surface area (Å²) >= 11 is 0. The van der Waals surface area contributed by atoms with E-state index in [-0.39, 0.29) is 12.4 Å². The molecule has 1 aromatic rings. The van der Waals surface area contributed by atoms with Crippen LogP contribution in [-0.4, -0.2) is 27.8 Å². The van der Waals surface area contributed by atoms with Gasteiger partial charge in [0.25, 0.3) is 0 Å². The lowest BCUT2D eigenvalue weighted by Crippen LogP contribution is -2.15. The summed E-state index contributed by atoms with van der Waals surface area (Å²) in [7, 11) is 5.31. The Labute approximate surface area is 104 Å². The maximum absolute atomic E-state index is 5.33. The molecule has 0 aliphatic rings. The maximum atomic E-state index is 5.33. The third kappa shape index (κ3) is 3.58. The first-order valence-electron chi connectivity index (χ1n) is 5.09. The molecule has 1 rings (SSSR count). The summed E-state index contributed by atoms with van der Waals surface area (Å²) in [5, 5.41) is 3.16. The molecule has 0 aromatic heterocycles. The predicted molar refractivity (Wildman–Crippen MR) is 69.1 cm³/mol. The molecule has 0 aliphatic carbocycles. The average Bonchev–Trinajstić information content (AvgIpc) is 2.28. The predicted octanol–water partition coefficient (Wildman–Crippen LogP) is 2.45. The van der Waals surface area contributed by atoms with Crippen molar-refractivity contribution in [1.82, 2.24) is 5.32 Å². The van der Waals surface area contributed by atoms with E-state index >= 15 is 0 Å². The lowest BCUT2D eigenvalue weighted by Gasteiger charge is -2.16. The molecule has 0 amide bonds. The summed E-state index contributed by atoms with van der Waals surface area (Å²) in [5.74, 6) is 2.19. The van der Waals surface area contributed by atoms with E-state index in [2.05, 4.69) is 12.2 Å². The van der Waals surface area contributed by atoms with Gasteiger partial charge in [0.15, 0.2) is 0 Å². The molecule has 0 saturated heterocycles. The van der Waals surface area contributed by atoms with Gasteiger partial charge in [-0.2, -0.15) is 0 Å². The molecule has 0 bridgehead atoms. The van der Waals surface area contributed by atoms with E-state index in [9.17, 15) is 0 Å². The number of rotatable bonds is 5. The van der Waals surface area contributed by atoms with Gasteiger partial charge >= 0.3 is 0 Å². The summed E-state index contributed by atoms with van der Waals surface area (Å²) in [6, 6.07) is 5.88. The van der Waals surface area contributed by atoms with Crippen LogP contribution in [0, 0.1) is 0 Å². The highest BCUT2D eigenvalue weighted by Crippen LogP contribution is 2.29. The van der Waals surface area contributed by atoms with Crippen molar-refractivity contribution in [2.75, 3.05) is 27.8 Å². The van der Waals surface area contributed by atoms with E-state index in [4.69, 9.17) is 9.47 Å². The fourth-order valence-corrected chi connectivity index (χ4v) is 1.64. The number of likely N-dealkylation sites (N-methyl/N-ethyl adjacent to an activating group) is 1. The number of hydrogen-bond donors (Lipinski definition) is 1. The molecule has 0 heterocycles. The maximum Gasteiger partial charge on any atom is 0.122 e. The van der Waals surface area contributed by atoms with E-state index in [1.807, 2.05) is 25.2 Å². The summed E-state index contributed by atoms with van der Waals surface area (Å²) in [4.78, 5) is 0. The lowest BCUT2D eigenvalue weighted by molar-refractivity contribution is 0.395. The Kier molecular flexibility index (Phi) is 6.93. The second kappa shape index (κ2) is 7.36. The summed E-state index contributed by atoms with van der Waals surface area (Å²) < 4.78 is 10.5. The first-order chi connectivity index (χ1) is 7.22. The summed E-state index contributed by atoms with van der Waals surface area (Å²) in [6.07, 6.45) is 0. The number of nitrogens with one attached hydrogen (secondary N) is 1. The highest BCUT2D eigenvalue weighted by atomic mass is 35.5. The van der Waals surface area contributed by atoms with Crippen molar-refractivity contribution in [1.29, 1.82) is 0 Å². The fourth-order valence-electron chi connectivity index (χ4n) is 1.64. The first kappa shape index (κ1) is 15.1. The molecule has 1 N–H and O–H groups in total. The van der Waals surface area contributed by atoms with Crippen LogP contribution in [0.25, 0.3) is 0 Å². The zero-order valence-corrected chi connectivity index (χ0v) is 11.1. The second-order valence-electron chi connectivity index (χ2n) is 3.57. The monoisotopic (exact) mass is 245 g/mol. The van der Waals surface area contributed by atoms with Crippen molar-refractivity contribution >= 4 is 12.4 Å². The van der Waals surface area contributed by atoms with Gasteiger partial charge in [-0.05, 0) is 31.2 Å². The molecule has 0 fully saturated rings. The number of benzene rings is 1. The van der Waals surface area contributed by atoms with E-state index in [1.165, 1.54) is 5.56 Å². The van der Waals surface area contributed by atoms with Gasteiger partial charge in [0.1, 0.15) is 11.5 Å². The molecule has 0 aliphatic heterocycles. The quantitative estimate of drug-likeness (QED) is 0.865. The van der Waals surface area contributed by atoms with E-state index in [0.717, 1.165) is 18.0 Å². The normalized spacial score (nSPS) is 11.5. The van der Waals surface area contributed by atoms with Crippen LogP contribution < -0.4 is 14.8 Å². The van der Waals surface area contributed by atoms with Gasteiger partial charge in [0.05, 0.1) is 14.2 Å². The molecule has 16 heavy (non-hydrogen) atoms. The molecule has 0 saturated carbocycles. The largest absolute Gasteiger partial charge is 0.497 e. The van der Waals surface area contributed by atoms with Crippen molar-refractivity contribution in [2.45, 2.75) is 12.8 Å². The average molecular weight is 246 g/mol. The Balaban J connectivity index is 0.00000225. The number of methoxy groups -OCH3 is 2. The minimum absolute atomic E-state index is 0. The van der Waals surface area contributed by atoms with Crippen LogP contribution in [0.15, 0.2) is 18.2 Å². The van der Waals surface area contributed by atoms with Crippen LogP contribution >= 0.6 is 12.4 Å². The fraction of sp³-hybridized carbons (Fsp3) is 0.500. The van der Waals surface area contributed by atoms with Crippen molar-refractivity contribution in [3.05, 3.63) is 23.8 Å². The number of hydrogen-bond acceptors (Lipinski definition) is 3. The van der Waals surface area contributed by atoms with Crippen molar-refractivity contribution < 1.29 is 9.47 Å². The van der Waals surface area contributed by atoms with Crippen LogP contribution in [0.1, 0.15) is 18.4 Å². The number of ether oxygens (including phenoxy) is 2. The highest BCUT2D eigenvalue weighted by Gasteiger charge is 2.11. The SMILES string of the molecule is CNCC(C)c1cc(OC)ccc1OC.Cl. The molecular formula is C12H20ClNO2. The smallest absolute Gasteiger partial charge is 0.122 e. The van der Waals surface area contributed by atoms with Crippen molar-refractivity contribution in [3.63, 3.8) is 0 Å². The Bertz CT molecular complexity index is 318. The molecule has 92 valence electrons. The second-order valence-corrected chi connectivity index (χ2v) is 3.57. The Hall–Kier alpha value is -0.930. The van der Waals surface area contributed by atoms with Crippen molar-refractivity contribution in [2.24, 2.45) is 0 Å². The molecule has 0 spiro atoms. The van der Waals surface area contributed by atoms with Crippen LogP contribution in [0.2, 0.25) is 0 Å². The molecule has 4 heteroatoms. The van der Waals surface area contributed by atoms with Crippen LogP contribution in [0.5, 0.6) is 11.5 Å². The third-order valence-corrected chi connectivity index (χ3v) is 2.48. The Morgan fingerprint density at radius 1 is 1.25 bits per heavy atom. The zero-order valence-electron chi connectivity index (χ0n) is 10.2. The van der Waals surface area contributed by atoms with Crippen LogP contribution in [0.3, 0.4) is 0 Å². The highest BCUT2D eigenvalue weighted by molar-refractivity contribution is 5.85. The molecule has 3 nitrogen and oxygen atoms in total. The van der Waals surface area contributed by atoms with Gasteiger partial charge < -0.3 is 14.8 Å². The van der Waals surface area contributed by atoms with Gasteiger partial charge in [0.2, 0.25) is 0 Å². The van der Waals surface area contributed by atoms with Gasteiger partial charge in [-0.3, -0.25) is 0 Å². The van der Waals surface area contributed by atoms with Crippen LogP contribution in [-0.2, 0) is 0 Å². The zero-order chi connectivity index (χ0) is 11.3. The molecule has 1 aromatic carbocycles. The first-order valence-corrected chi connectivity index (χ1v) is 5.09. The van der Waals surface area contributed by atoms with Gasteiger partial charge in [-0.15, -0.1) is 12.4 Å². The van der Waals surface area contributed by atoms with Gasteiger partial charge in [-0.1, -0.05) is 6.92 Å². The molecule has 0 radical (unpaired) electrons. The Morgan fingerprint density at radius 3 is 2.44 bits per heavy atom. The standard InChI is InChI=1S/C12H19NO2.ClH/c1-9(8-13-2)11-7-10(14-3)5-6-12(11)15-4;/h5-7,9,13H,8H2,1-4H3;1H. The lowest BCUT2D eigenvalue weighted by atomic mass is 10.00. The minimum Gasteiger partial charge on any atom is -0.497 e. The van der Waals surface area contributed by atoms with Gasteiger partial charge in [0, 0.05) is 12.1 Å². The molecule has 1 unspecified atom stereocenters. The van der Waals surface area contributed by atoms with E-state index in [0.29, 0.717) is 5.92 Å². The van der Waals surface area contributed by atoms with Gasteiger partial charge in [-0.25, -0.2) is 0 Å². The third-order valence-electron chi connectivity index (χ3n) is 2.48. The summed E-state index contributed by atoms with van der Waals surface area (Å²) in [6.45, 7) is 3.08. The number of halogens is 1. The van der Waals surface area contributed by atoms with E-state index < -0.39 is 0 Å². The van der Waals surface area contributed by atoms with Crippen molar-refractivity contribution in [3.8, 4) is 11.5 Å². The summed E-state index contributed by atoms with van der Waals surface area (Å²) in [5.41, 5.74) is 1.17. The minimum atomic E-state index is 0. The topological polar surface area (TPSA) is 30.5 Å².